The minimum Gasteiger partial charge on any atom is -0.449 e. The van der Waals surface area contributed by atoms with Crippen LogP contribution in [-0.4, -0.2) is 50.9 Å². The summed E-state index contributed by atoms with van der Waals surface area (Å²) in [5, 5.41) is 2.58. The molecular weight excluding hydrogens is 333 g/mol. The third-order valence-corrected chi connectivity index (χ3v) is 4.10. The molecule has 1 fully saturated rings. The number of fused-ring (bicyclic) bond motifs is 1. The van der Waals surface area contributed by atoms with E-state index in [9.17, 15) is 18.8 Å². The van der Waals surface area contributed by atoms with E-state index >= 15 is 0 Å². The van der Waals surface area contributed by atoms with Gasteiger partial charge in [-0.2, -0.15) is 0 Å². The van der Waals surface area contributed by atoms with E-state index in [0.29, 0.717) is 17.7 Å². The summed E-state index contributed by atoms with van der Waals surface area (Å²) in [4.78, 5) is 37.2. The molecule has 3 amide bonds. The minimum absolute atomic E-state index is 0.134. The van der Waals surface area contributed by atoms with Crippen LogP contribution in [0.3, 0.4) is 0 Å². The van der Waals surface area contributed by atoms with Crippen LogP contribution in [0.15, 0.2) is 12.1 Å². The highest BCUT2D eigenvalue weighted by molar-refractivity contribution is 5.93. The van der Waals surface area contributed by atoms with Crippen molar-refractivity contribution < 1.29 is 28.2 Å². The van der Waals surface area contributed by atoms with Crippen LogP contribution in [0.4, 0.5) is 25.4 Å². The van der Waals surface area contributed by atoms with Gasteiger partial charge in [-0.3, -0.25) is 14.6 Å². The first-order chi connectivity index (χ1) is 11.9. The fourth-order valence-electron chi connectivity index (χ4n) is 2.89. The Kier molecular flexibility index (Phi) is 4.47. The van der Waals surface area contributed by atoms with Crippen molar-refractivity contribution >= 4 is 29.5 Å². The van der Waals surface area contributed by atoms with Crippen molar-refractivity contribution in [1.82, 2.24) is 5.32 Å². The Morgan fingerprint density at radius 1 is 1.36 bits per heavy atom. The Hall–Kier alpha value is -2.84. The Morgan fingerprint density at radius 3 is 2.84 bits per heavy atom. The van der Waals surface area contributed by atoms with Crippen LogP contribution in [0.1, 0.15) is 12.5 Å². The number of ether oxygens (including phenoxy) is 2. The van der Waals surface area contributed by atoms with Crippen LogP contribution < -0.4 is 15.1 Å². The molecule has 25 heavy (non-hydrogen) atoms. The lowest BCUT2D eigenvalue weighted by Gasteiger charge is -2.20. The van der Waals surface area contributed by atoms with Crippen LogP contribution >= 0.6 is 0 Å². The average Bonchev–Trinajstić information content (AvgIpc) is 2.85. The summed E-state index contributed by atoms with van der Waals surface area (Å²) in [6, 6.07) is 2.84. The Bertz CT molecular complexity index is 739. The highest BCUT2D eigenvalue weighted by atomic mass is 19.1. The van der Waals surface area contributed by atoms with Crippen molar-refractivity contribution in [3.05, 3.63) is 23.5 Å². The fraction of sp³-hybridized carbons (Fsp3) is 0.438. The summed E-state index contributed by atoms with van der Waals surface area (Å²) in [6.07, 6.45) is -1.40. The van der Waals surface area contributed by atoms with Gasteiger partial charge >= 0.3 is 12.2 Å². The van der Waals surface area contributed by atoms with E-state index in [-0.39, 0.29) is 31.3 Å². The molecular formula is C16H18FN3O5. The number of carbonyl (C=O) groups is 3. The van der Waals surface area contributed by atoms with Crippen molar-refractivity contribution in [1.29, 1.82) is 0 Å². The summed E-state index contributed by atoms with van der Waals surface area (Å²) in [6.45, 7) is 1.89. The number of anilines is 2. The highest BCUT2D eigenvalue weighted by Gasteiger charge is 2.34. The number of halogens is 1. The molecule has 0 aliphatic carbocycles. The topological polar surface area (TPSA) is 88.2 Å². The van der Waals surface area contributed by atoms with Crippen LogP contribution in [0.25, 0.3) is 0 Å². The molecule has 1 aromatic rings. The second-order valence-electron chi connectivity index (χ2n) is 5.91. The van der Waals surface area contributed by atoms with Gasteiger partial charge in [-0.15, -0.1) is 0 Å². The molecule has 1 N–H and O–H groups in total. The van der Waals surface area contributed by atoms with Crippen LogP contribution in [-0.2, 0) is 20.7 Å². The monoisotopic (exact) mass is 351 g/mol. The van der Waals surface area contributed by atoms with Gasteiger partial charge in [0.25, 0.3) is 0 Å². The van der Waals surface area contributed by atoms with Gasteiger partial charge in [-0.25, -0.2) is 14.0 Å². The van der Waals surface area contributed by atoms with Gasteiger partial charge in [0.05, 0.1) is 31.1 Å². The van der Waals surface area contributed by atoms with E-state index in [1.165, 1.54) is 24.9 Å². The van der Waals surface area contributed by atoms with Gasteiger partial charge in [0, 0.05) is 20.4 Å². The van der Waals surface area contributed by atoms with Gasteiger partial charge in [-0.1, -0.05) is 0 Å². The lowest BCUT2D eigenvalue weighted by Crippen LogP contribution is -2.33. The quantitative estimate of drug-likeness (QED) is 0.890. The average molecular weight is 351 g/mol. The summed E-state index contributed by atoms with van der Waals surface area (Å²) >= 11 is 0. The summed E-state index contributed by atoms with van der Waals surface area (Å²) in [7, 11) is 1.43. The van der Waals surface area contributed by atoms with E-state index in [0.717, 1.165) is 4.90 Å². The molecule has 0 spiro atoms. The predicted octanol–water partition coefficient (Wildman–Crippen LogP) is 1.42. The maximum absolute atomic E-state index is 14.6. The second kappa shape index (κ2) is 6.58. The summed E-state index contributed by atoms with van der Waals surface area (Å²) in [5.41, 5.74) is 1.06. The van der Waals surface area contributed by atoms with Gasteiger partial charge in [-0.05, 0) is 17.7 Å². The molecule has 1 aromatic carbocycles. The van der Waals surface area contributed by atoms with E-state index < -0.39 is 24.1 Å². The highest BCUT2D eigenvalue weighted by Crippen LogP contribution is 2.33. The molecule has 3 rings (SSSR count). The third-order valence-electron chi connectivity index (χ3n) is 4.10. The smallest absolute Gasteiger partial charge is 0.414 e. The van der Waals surface area contributed by atoms with Gasteiger partial charge in [0.2, 0.25) is 5.91 Å². The van der Waals surface area contributed by atoms with E-state index in [1.54, 1.807) is 6.07 Å². The predicted molar refractivity (Wildman–Crippen MR) is 86.2 cm³/mol. The summed E-state index contributed by atoms with van der Waals surface area (Å²) < 4.78 is 24.8. The van der Waals surface area contributed by atoms with Crippen LogP contribution in [0.5, 0.6) is 0 Å². The third kappa shape index (κ3) is 3.35. The molecule has 9 heteroatoms. The Balaban J connectivity index is 1.85. The van der Waals surface area contributed by atoms with Crippen molar-refractivity contribution in [2.45, 2.75) is 19.4 Å². The molecule has 1 saturated heterocycles. The zero-order valence-corrected chi connectivity index (χ0v) is 13.9. The van der Waals surface area contributed by atoms with E-state index in [2.05, 4.69) is 5.32 Å². The maximum Gasteiger partial charge on any atom is 0.414 e. The number of carbonyl (C=O) groups excluding carboxylic acids is 3. The van der Waals surface area contributed by atoms with Crippen molar-refractivity contribution in [3.63, 3.8) is 0 Å². The maximum atomic E-state index is 14.6. The molecule has 2 aliphatic heterocycles. The molecule has 1 atom stereocenters. The zero-order chi connectivity index (χ0) is 18.1. The number of cyclic esters (lactones) is 2. The van der Waals surface area contributed by atoms with Crippen molar-refractivity contribution in [3.8, 4) is 0 Å². The first-order valence-corrected chi connectivity index (χ1v) is 7.82. The van der Waals surface area contributed by atoms with Crippen LogP contribution in [0, 0.1) is 5.82 Å². The zero-order valence-electron chi connectivity index (χ0n) is 13.9. The number of rotatable bonds is 3. The molecule has 2 aliphatic rings. The largest absolute Gasteiger partial charge is 0.449 e. The number of amides is 3. The molecule has 2 heterocycles. The Labute approximate surface area is 143 Å². The number of hydrogen-bond donors (Lipinski definition) is 1. The number of nitrogens with zero attached hydrogens (tertiary/aromatic N) is 2. The molecule has 134 valence electrons. The second-order valence-corrected chi connectivity index (χ2v) is 5.91. The fourth-order valence-corrected chi connectivity index (χ4v) is 2.89. The van der Waals surface area contributed by atoms with Crippen molar-refractivity contribution in [2.24, 2.45) is 0 Å². The van der Waals surface area contributed by atoms with E-state index in [4.69, 9.17) is 9.47 Å². The molecule has 1 unspecified atom stereocenters. The standard InChI is InChI=1S/C16H18FN3O5/c1-9(21)18-7-12-8-20(16(23)25-12)11-5-10-3-4-24-15(22)19(2)14(10)13(17)6-11/h5-6,12H,3-4,7-8H2,1-2H3,(H,18,21). The lowest BCUT2D eigenvalue weighted by atomic mass is 10.1. The molecule has 0 saturated carbocycles. The summed E-state index contributed by atoms with van der Waals surface area (Å²) in [5.74, 6) is -0.842. The first-order valence-electron chi connectivity index (χ1n) is 7.82. The van der Waals surface area contributed by atoms with E-state index in [1.807, 2.05) is 0 Å². The molecule has 0 radical (unpaired) electrons. The minimum atomic E-state index is -0.624. The lowest BCUT2D eigenvalue weighted by molar-refractivity contribution is -0.119. The molecule has 8 nitrogen and oxygen atoms in total. The SMILES string of the molecule is CC(=O)NCC1CN(c2cc(F)c3c(c2)CCOC(=O)N3C)C(=O)O1. The van der Waals surface area contributed by atoms with Crippen molar-refractivity contribution in [2.75, 3.05) is 36.5 Å². The van der Waals surface area contributed by atoms with Crippen LogP contribution in [0.2, 0.25) is 0 Å². The number of nitrogens with one attached hydrogen (secondary N) is 1. The molecule has 0 bridgehead atoms. The Morgan fingerprint density at radius 2 is 2.12 bits per heavy atom. The number of benzene rings is 1. The number of hydrogen-bond acceptors (Lipinski definition) is 5. The van der Waals surface area contributed by atoms with Gasteiger partial charge in [0.15, 0.2) is 0 Å². The van der Waals surface area contributed by atoms with Gasteiger partial charge in [0.1, 0.15) is 11.9 Å². The normalized spacial score (nSPS) is 19.9. The van der Waals surface area contributed by atoms with Gasteiger partial charge < -0.3 is 14.8 Å². The first kappa shape index (κ1) is 17.0. The molecule has 0 aromatic heterocycles.